The molecule has 2 rings (SSSR count). The number of carbonyl (C=O) groups excluding carboxylic acids is 1. The van der Waals surface area contributed by atoms with Crippen molar-refractivity contribution in [3.63, 3.8) is 0 Å². The summed E-state index contributed by atoms with van der Waals surface area (Å²) in [6, 6.07) is 2.01. The van der Waals surface area contributed by atoms with E-state index in [1.54, 1.807) is 11.3 Å². The van der Waals surface area contributed by atoms with Gasteiger partial charge < -0.3 is 5.32 Å². The van der Waals surface area contributed by atoms with Crippen LogP contribution in [0.3, 0.4) is 0 Å². The molecule has 0 spiro atoms. The largest absolute Gasteiger partial charge is 0.316 e. The van der Waals surface area contributed by atoms with Crippen LogP contribution < -0.4 is 5.32 Å². The molecule has 1 saturated heterocycles. The first-order valence-corrected chi connectivity index (χ1v) is 5.43. The molecule has 0 amide bonds. The lowest BCUT2D eigenvalue weighted by Gasteiger charge is -2.26. The SMILES string of the molecule is Cc1ccsc1C(=O)CC1CNC1. The third-order valence-electron chi connectivity index (χ3n) is 2.46. The quantitative estimate of drug-likeness (QED) is 0.746. The van der Waals surface area contributed by atoms with Gasteiger partial charge in [0.25, 0.3) is 0 Å². The number of aryl methyl sites for hydroxylation is 1. The fourth-order valence-corrected chi connectivity index (χ4v) is 2.38. The Balaban J connectivity index is 2.00. The molecule has 1 aromatic rings. The van der Waals surface area contributed by atoms with Gasteiger partial charge in [0, 0.05) is 6.42 Å². The van der Waals surface area contributed by atoms with E-state index in [1.807, 2.05) is 18.4 Å². The summed E-state index contributed by atoms with van der Waals surface area (Å²) in [6.07, 6.45) is 0.717. The average Bonchev–Trinajstić information content (AvgIpc) is 2.43. The predicted molar refractivity (Wildman–Crippen MR) is 54.4 cm³/mol. The van der Waals surface area contributed by atoms with Gasteiger partial charge >= 0.3 is 0 Å². The van der Waals surface area contributed by atoms with Crippen molar-refractivity contribution in [2.45, 2.75) is 13.3 Å². The lowest BCUT2D eigenvalue weighted by Crippen LogP contribution is -2.42. The molecule has 70 valence electrons. The van der Waals surface area contributed by atoms with Gasteiger partial charge in [-0.05, 0) is 42.9 Å². The van der Waals surface area contributed by atoms with Crippen molar-refractivity contribution in [2.24, 2.45) is 5.92 Å². The van der Waals surface area contributed by atoms with Crippen LogP contribution in [-0.2, 0) is 0 Å². The van der Waals surface area contributed by atoms with Crippen molar-refractivity contribution in [3.05, 3.63) is 21.9 Å². The molecule has 0 saturated carbocycles. The fraction of sp³-hybridized carbons (Fsp3) is 0.500. The monoisotopic (exact) mass is 195 g/mol. The molecule has 2 nitrogen and oxygen atoms in total. The van der Waals surface area contributed by atoms with E-state index in [-0.39, 0.29) is 0 Å². The minimum atomic E-state index is 0.319. The summed E-state index contributed by atoms with van der Waals surface area (Å²) >= 11 is 1.56. The van der Waals surface area contributed by atoms with Gasteiger partial charge in [-0.1, -0.05) is 0 Å². The van der Waals surface area contributed by atoms with Gasteiger partial charge in [0.2, 0.25) is 0 Å². The van der Waals surface area contributed by atoms with Crippen molar-refractivity contribution in [3.8, 4) is 0 Å². The van der Waals surface area contributed by atoms with E-state index in [4.69, 9.17) is 0 Å². The molecule has 1 aliphatic rings. The maximum atomic E-state index is 11.7. The van der Waals surface area contributed by atoms with E-state index >= 15 is 0 Å². The molecular weight excluding hydrogens is 182 g/mol. The van der Waals surface area contributed by atoms with E-state index in [9.17, 15) is 4.79 Å². The third-order valence-corrected chi connectivity index (χ3v) is 3.51. The molecular formula is C10H13NOS. The van der Waals surface area contributed by atoms with Crippen molar-refractivity contribution < 1.29 is 4.79 Å². The first-order valence-electron chi connectivity index (χ1n) is 4.55. The van der Waals surface area contributed by atoms with Crippen LogP contribution in [0.25, 0.3) is 0 Å². The summed E-state index contributed by atoms with van der Waals surface area (Å²) in [6.45, 7) is 4.02. The zero-order valence-corrected chi connectivity index (χ0v) is 8.49. The molecule has 0 bridgehead atoms. The van der Waals surface area contributed by atoms with Gasteiger partial charge in [0.05, 0.1) is 4.88 Å². The number of carbonyl (C=O) groups is 1. The third kappa shape index (κ3) is 1.81. The molecule has 0 aromatic carbocycles. The number of Topliss-reactive ketones (excluding diaryl/α,β-unsaturated/α-hetero) is 1. The second kappa shape index (κ2) is 3.60. The van der Waals surface area contributed by atoms with Crippen LogP contribution in [0.2, 0.25) is 0 Å². The van der Waals surface area contributed by atoms with Crippen molar-refractivity contribution >= 4 is 17.1 Å². The van der Waals surface area contributed by atoms with Crippen LogP contribution in [0.5, 0.6) is 0 Å². The summed E-state index contributed by atoms with van der Waals surface area (Å²) in [7, 11) is 0. The number of hydrogen-bond donors (Lipinski definition) is 1. The standard InChI is InChI=1S/C10H13NOS/c1-7-2-3-13-10(7)9(12)4-8-5-11-6-8/h2-3,8,11H,4-6H2,1H3. The Labute approximate surface area is 82.0 Å². The number of rotatable bonds is 3. The molecule has 0 atom stereocenters. The number of thiophene rings is 1. The van der Waals surface area contributed by atoms with Crippen molar-refractivity contribution in [2.75, 3.05) is 13.1 Å². The maximum absolute atomic E-state index is 11.7. The second-order valence-corrected chi connectivity index (χ2v) is 4.50. The van der Waals surface area contributed by atoms with Gasteiger partial charge in [-0.25, -0.2) is 0 Å². The van der Waals surface area contributed by atoms with Crippen LogP contribution in [0.4, 0.5) is 0 Å². The van der Waals surface area contributed by atoms with Crippen LogP contribution >= 0.6 is 11.3 Å². The van der Waals surface area contributed by atoms with E-state index in [1.165, 1.54) is 0 Å². The van der Waals surface area contributed by atoms with Crippen LogP contribution in [0.1, 0.15) is 21.7 Å². The van der Waals surface area contributed by atoms with Crippen molar-refractivity contribution in [1.29, 1.82) is 0 Å². The molecule has 3 heteroatoms. The summed E-state index contributed by atoms with van der Waals surface area (Å²) in [5.41, 5.74) is 1.13. The smallest absolute Gasteiger partial charge is 0.173 e. The Hall–Kier alpha value is -0.670. The Morgan fingerprint density at radius 2 is 2.46 bits per heavy atom. The highest BCUT2D eigenvalue weighted by atomic mass is 32.1. The van der Waals surface area contributed by atoms with Crippen LogP contribution in [-0.4, -0.2) is 18.9 Å². The van der Waals surface area contributed by atoms with Gasteiger partial charge in [-0.15, -0.1) is 11.3 Å². The first-order chi connectivity index (χ1) is 6.27. The lowest BCUT2D eigenvalue weighted by atomic mass is 9.96. The average molecular weight is 195 g/mol. The van der Waals surface area contributed by atoms with E-state index < -0.39 is 0 Å². The van der Waals surface area contributed by atoms with E-state index in [0.717, 1.165) is 23.5 Å². The molecule has 2 heterocycles. The summed E-state index contributed by atoms with van der Waals surface area (Å²) in [5, 5.41) is 5.17. The summed E-state index contributed by atoms with van der Waals surface area (Å²) in [5.74, 6) is 0.896. The second-order valence-electron chi connectivity index (χ2n) is 3.58. The Morgan fingerprint density at radius 3 is 2.92 bits per heavy atom. The number of ketones is 1. The number of hydrogen-bond acceptors (Lipinski definition) is 3. The topological polar surface area (TPSA) is 29.1 Å². The van der Waals surface area contributed by atoms with E-state index in [0.29, 0.717) is 18.1 Å². The van der Waals surface area contributed by atoms with Crippen molar-refractivity contribution in [1.82, 2.24) is 5.32 Å². The predicted octanol–water partition coefficient (Wildman–Crippen LogP) is 1.85. The highest BCUT2D eigenvalue weighted by molar-refractivity contribution is 7.12. The Morgan fingerprint density at radius 1 is 1.69 bits per heavy atom. The van der Waals surface area contributed by atoms with Gasteiger partial charge in [0.15, 0.2) is 5.78 Å². The zero-order chi connectivity index (χ0) is 9.26. The Bertz CT molecular complexity index is 314. The molecule has 1 aliphatic heterocycles. The minimum Gasteiger partial charge on any atom is -0.316 e. The molecule has 13 heavy (non-hydrogen) atoms. The zero-order valence-electron chi connectivity index (χ0n) is 7.67. The molecule has 0 aliphatic carbocycles. The normalized spacial score (nSPS) is 17.0. The highest BCUT2D eigenvalue weighted by Crippen LogP contribution is 2.20. The molecule has 1 N–H and O–H groups in total. The summed E-state index contributed by atoms with van der Waals surface area (Å²) in [4.78, 5) is 12.7. The number of nitrogens with one attached hydrogen (secondary N) is 1. The minimum absolute atomic E-state index is 0.319. The van der Waals surface area contributed by atoms with E-state index in [2.05, 4.69) is 5.32 Å². The lowest BCUT2D eigenvalue weighted by molar-refractivity contribution is 0.0949. The Kier molecular flexibility index (Phi) is 2.47. The first kappa shape index (κ1) is 8.91. The van der Waals surface area contributed by atoms with Gasteiger partial charge in [0.1, 0.15) is 0 Å². The van der Waals surface area contributed by atoms with Crippen LogP contribution in [0, 0.1) is 12.8 Å². The molecule has 1 fully saturated rings. The highest BCUT2D eigenvalue weighted by Gasteiger charge is 2.21. The molecule has 1 aromatic heterocycles. The molecule has 0 unspecified atom stereocenters. The maximum Gasteiger partial charge on any atom is 0.173 e. The van der Waals surface area contributed by atoms with Gasteiger partial charge in [-0.2, -0.15) is 0 Å². The van der Waals surface area contributed by atoms with Gasteiger partial charge in [-0.3, -0.25) is 4.79 Å². The fourth-order valence-electron chi connectivity index (χ4n) is 1.51. The van der Waals surface area contributed by atoms with Crippen LogP contribution in [0.15, 0.2) is 11.4 Å². The summed E-state index contributed by atoms with van der Waals surface area (Å²) < 4.78 is 0. The molecule has 0 radical (unpaired) electrons.